The predicted octanol–water partition coefficient (Wildman–Crippen LogP) is 2.57. The number of nitrogens with zero attached hydrogens (tertiary/aromatic N) is 2. The summed E-state index contributed by atoms with van der Waals surface area (Å²) in [5.74, 6) is 0.626. The Kier molecular flexibility index (Phi) is 10.4. The molecule has 0 saturated carbocycles. The minimum Gasteiger partial charge on any atom is -0.349 e. The predicted molar refractivity (Wildman–Crippen MR) is 102 cm³/mol. The first-order valence-corrected chi connectivity index (χ1v) is 7.65. The minimum atomic E-state index is -0.201. The molecule has 2 rings (SSSR count). The topological polar surface area (TPSA) is 72.9 Å². The summed E-state index contributed by atoms with van der Waals surface area (Å²) in [6, 6.07) is 10.2. The number of hydrogen-bond acceptors (Lipinski definition) is 3. The third-order valence-corrected chi connectivity index (χ3v) is 3.91. The van der Waals surface area contributed by atoms with Crippen LogP contribution in [0.4, 0.5) is 0 Å². The molecule has 0 aliphatic heterocycles. The first-order chi connectivity index (χ1) is 10.6. The zero-order chi connectivity index (χ0) is 15.9. The lowest BCUT2D eigenvalue weighted by molar-refractivity contribution is -0.125. The summed E-state index contributed by atoms with van der Waals surface area (Å²) in [6.45, 7) is 4.95. The molecule has 0 spiro atoms. The van der Waals surface area contributed by atoms with Gasteiger partial charge in [0.25, 0.3) is 0 Å². The van der Waals surface area contributed by atoms with Gasteiger partial charge < -0.3 is 15.6 Å². The summed E-state index contributed by atoms with van der Waals surface area (Å²) in [6.07, 6.45) is 4.65. The number of halogens is 2. The van der Waals surface area contributed by atoms with Crippen LogP contribution in [0.2, 0.25) is 0 Å². The van der Waals surface area contributed by atoms with E-state index in [1.807, 2.05) is 38.2 Å². The first kappa shape index (κ1) is 22.4. The Labute approximate surface area is 155 Å². The van der Waals surface area contributed by atoms with E-state index in [9.17, 15) is 4.79 Å². The van der Waals surface area contributed by atoms with Gasteiger partial charge in [-0.1, -0.05) is 37.3 Å². The van der Waals surface area contributed by atoms with Crippen molar-refractivity contribution in [3.63, 3.8) is 0 Å². The van der Waals surface area contributed by atoms with Crippen LogP contribution in [0.1, 0.15) is 25.2 Å². The Bertz CT molecular complexity index is 602. The molecule has 3 N–H and O–H groups in total. The van der Waals surface area contributed by atoms with Crippen molar-refractivity contribution >= 4 is 30.7 Å². The van der Waals surface area contributed by atoms with Crippen LogP contribution < -0.4 is 11.1 Å². The summed E-state index contributed by atoms with van der Waals surface area (Å²) < 4.78 is 2.07. The molecule has 2 aromatic rings. The van der Waals surface area contributed by atoms with Gasteiger partial charge in [-0.3, -0.25) is 4.79 Å². The van der Waals surface area contributed by atoms with Crippen LogP contribution in [0.3, 0.4) is 0 Å². The number of rotatable bonds is 7. The fourth-order valence-corrected chi connectivity index (χ4v) is 2.17. The summed E-state index contributed by atoms with van der Waals surface area (Å²) >= 11 is 0. The molecule has 24 heavy (non-hydrogen) atoms. The molecule has 1 aromatic heterocycles. The molecule has 1 heterocycles. The van der Waals surface area contributed by atoms with E-state index in [1.54, 1.807) is 6.20 Å². The number of amides is 1. The van der Waals surface area contributed by atoms with Crippen molar-refractivity contribution in [3.8, 4) is 0 Å². The Morgan fingerprint density at radius 3 is 2.54 bits per heavy atom. The number of carbonyl (C=O) groups excluding carboxylic acids is 1. The van der Waals surface area contributed by atoms with Crippen LogP contribution in [0.15, 0.2) is 42.7 Å². The van der Waals surface area contributed by atoms with Crippen LogP contribution in [0.25, 0.3) is 0 Å². The second kappa shape index (κ2) is 11.1. The highest BCUT2D eigenvalue weighted by Crippen LogP contribution is 2.05. The Morgan fingerprint density at radius 1 is 1.25 bits per heavy atom. The van der Waals surface area contributed by atoms with E-state index >= 15 is 0 Å². The smallest absolute Gasteiger partial charge is 0.224 e. The standard InChI is InChI=1S/C17H24N4O.2ClH/c1-13(14(2)18)17(22)20-12-16-19-9-11-21(16)10-8-15-6-4-3-5-7-15;;/h3-7,9,11,13-14H,8,10,12,18H2,1-2H3,(H,20,22);2*1H. The van der Waals surface area contributed by atoms with Gasteiger partial charge in [0, 0.05) is 30.9 Å². The van der Waals surface area contributed by atoms with Gasteiger partial charge in [-0.2, -0.15) is 0 Å². The van der Waals surface area contributed by atoms with Gasteiger partial charge >= 0.3 is 0 Å². The van der Waals surface area contributed by atoms with E-state index < -0.39 is 0 Å². The third kappa shape index (κ3) is 6.51. The molecule has 0 fully saturated rings. The number of nitrogens with one attached hydrogen (secondary N) is 1. The molecule has 0 saturated heterocycles. The van der Waals surface area contributed by atoms with Gasteiger partial charge in [0.05, 0.1) is 6.54 Å². The van der Waals surface area contributed by atoms with E-state index in [-0.39, 0.29) is 42.7 Å². The fourth-order valence-electron chi connectivity index (χ4n) is 2.17. The Balaban J connectivity index is 0.00000264. The van der Waals surface area contributed by atoms with Gasteiger partial charge in [-0.05, 0) is 18.9 Å². The number of aryl methyl sites for hydroxylation is 2. The van der Waals surface area contributed by atoms with Crippen molar-refractivity contribution in [2.75, 3.05) is 0 Å². The average molecular weight is 373 g/mol. The molecule has 0 aliphatic rings. The molecule has 0 radical (unpaired) electrons. The van der Waals surface area contributed by atoms with E-state index in [2.05, 4.69) is 27.0 Å². The van der Waals surface area contributed by atoms with Gasteiger partial charge in [-0.25, -0.2) is 4.98 Å². The SMILES string of the molecule is CC(N)C(C)C(=O)NCc1nccn1CCc1ccccc1.Cl.Cl. The summed E-state index contributed by atoms with van der Waals surface area (Å²) in [7, 11) is 0. The lowest BCUT2D eigenvalue weighted by Crippen LogP contribution is -2.38. The monoisotopic (exact) mass is 372 g/mol. The quantitative estimate of drug-likeness (QED) is 0.784. The number of aromatic nitrogens is 2. The van der Waals surface area contributed by atoms with E-state index in [1.165, 1.54) is 5.56 Å². The highest BCUT2D eigenvalue weighted by atomic mass is 35.5. The Morgan fingerprint density at radius 2 is 1.92 bits per heavy atom. The van der Waals surface area contributed by atoms with Crippen molar-refractivity contribution in [2.24, 2.45) is 11.7 Å². The maximum Gasteiger partial charge on any atom is 0.224 e. The number of carbonyl (C=O) groups is 1. The zero-order valence-corrected chi connectivity index (χ0v) is 15.6. The molecule has 7 heteroatoms. The second-order valence-corrected chi connectivity index (χ2v) is 5.64. The summed E-state index contributed by atoms with van der Waals surface area (Å²) in [5, 5.41) is 2.90. The highest BCUT2D eigenvalue weighted by molar-refractivity contribution is 5.85. The molecule has 2 atom stereocenters. The third-order valence-electron chi connectivity index (χ3n) is 3.91. The van der Waals surface area contributed by atoms with Crippen LogP contribution in [0, 0.1) is 5.92 Å². The lowest BCUT2D eigenvalue weighted by Gasteiger charge is -2.15. The molecular formula is C17H26Cl2N4O. The van der Waals surface area contributed by atoms with E-state index in [4.69, 9.17) is 5.73 Å². The maximum atomic E-state index is 11.9. The molecule has 2 unspecified atom stereocenters. The van der Waals surface area contributed by atoms with Crippen molar-refractivity contribution in [3.05, 3.63) is 54.1 Å². The molecule has 0 aliphatic carbocycles. The van der Waals surface area contributed by atoms with Crippen molar-refractivity contribution in [1.29, 1.82) is 0 Å². The number of imidazole rings is 1. The lowest BCUT2D eigenvalue weighted by atomic mass is 10.0. The van der Waals surface area contributed by atoms with Gasteiger partial charge in [0.15, 0.2) is 0 Å². The van der Waals surface area contributed by atoms with Crippen molar-refractivity contribution < 1.29 is 4.79 Å². The number of benzene rings is 1. The van der Waals surface area contributed by atoms with Gasteiger partial charge in [0.1, 0.15) is 5.82 Å². The fraction of sp³-hybridized carbons (Fsp3) is 0.412. The molecule has 5 nitrogen and oxygen atoms in total. The van der Waals surface area contributed by atoms with E-state index in [0.29, 0.717) is 6.54 Å². The highest BCUT2D eigenvalue weighted by Gasteiger charge is 2.17. The van der Waals surface area contributed by atoms with Gasteiger partial charge in [-0.15, -0.1) is 24.8 Å². The largest absolute Gasteiger partial charge is 0.349 e. The van der Waals surface area contributed by atoms with Gasteiger partial charge in [0.2, 0.25) is 5.91 Å². The van der Waals surface area contributed by atoms with Crippen LogP contribution in [0.5, 0.6) is 0 Å². The average Bonchev–Trinajstić information content (AvgIpc) is 2.98. The molecular weight excluding hydrogens is 347 g/mol. The Hall–Kier alpha value is -1.56. The molecule has 0 bridgehead atoms. The molecule has 134 valence electrons. The number of nitrogens with two attached hydrogens (primary N) is 1. The van der Waals surface area contributed by atoms with Crippen molar-refractivity contribution in [2.45, 2.75) is 39.4 Å². The van der Waals surface area contributed by atoms with Crippen molar-refractivity contribution in [1.82, 2.24) is 14.9 Å². The van der Waals surface area contributed by atoms with Crippen LogP contribution in [-0.2, 0) is 24.3 Å². The maximum absolute atomic E-state index is 11.9. The second-order valence-electron chi connectivity index (χ2n) is 5.64. The van der Waals surface area contributed by atoms with Crippen LogP contribution >= 0.6 is 24.8 Å². The minimum absolute atomic E-state index is 0. The molecule has 1 aromatic carbocycles. The van der Waals surface area contributed by atoms with Crippen LogP contribution in [-0.4, -0.2) is 21.5 Å². The number of hydrogen-bond donors (Lipinski definition) is 2. The zero-order valence-electron chi connectivity index (χ0n) is 14.0. The van der Waals surface area contributed by atoms with E-state index in [0.717, 1.165) is 18.8 Å². The molecule has 1 amide bonds. The normalized spacial score (nSPS) is 12.5. The summed E-state index contributed by atoms with van der Waals surface area (Å²) in [4.78, 5) is 16.3. The summed E-state index contributed by atoms with van der Waals surface area (Å²) in [5.41, 5.74) is 7.03. The first-order valence-electron chi connectivity index (χ1n) is 7.65.